The first-order valence-electron chi connectivity index (χ1n) is 11.5. The van der Waals surface area contributed by atoms with E-state index in [9.17, 15) is 19.5 Å². The topological polar surface area (TPSA) is 125 Å². The number of carbonyl (C=O) groups is 3. The van der Waals surface area contributed by atoms with Crippen LogP contribution in [0.25, 0.3) is 11.1 Å². The molecule has 2 atom stereocenters. The predicted octanol–water partition coefficient (Wildman–Crippen LogP) is 3.28. The molecular weight excluding hydrogens is 436 g/mol. The maximum Gasteiger partial charge on any atom is 0.407 e. The molecule has 2 unspecified atom stereocenters. The van der Waals surface area contributed by atoms with E-state index in [1.807, 2.05) is 31.2 Å². The SMILES string of the molecule is CC(CCNC(=O)OCC1c2ccccc2-c2ccccc21)CCC(=O)NC(C)(CO)C(=O)O. The Morgan fingerprint density at radius 1 is 1.03 bits per heavy atom. The molecule has 0 saturated heterocycles. The van der Waals surface area contributed by atoms with Gasteiger partial charge in [0, 0.05) is 18.9 Å². The van der Waals surface area contributed by atoms with Gasteiger partial charge in [-0.2, -0.15) is 0 Å². The van der Waals surface area contributed by atoms with Crippen molar-refractivity contribution < 1.29 is 29.3 Å². The predicted molar refractivity (Wildman–Crippen MR) is 127 cm³/mol. The molecule has 1 aliphatic carbocycles. The number of carbonyl (C=O) groups excluding carboxylic acids is 2. The van der Waals surface area contributed by atoms with Gasteiger partial charge in [0.05, 0.1) is 6.61 Å². The first-order chi connectivity index (χ1) is 16.2. The lowest BCUT2D eigenvalue weighted by Crippen LogP contribution is -2.54. The second-order valence-corrected chi connectivity index (χ2v) is 9.03. The number of fused-ring (bicyclic) bond motifs is 3. The van der Waals surface area contributed by atoms with E-state index in [0.29, 0.717) is 19.4 Å². The lowest BCUT2D eigenvalue weighted by atomic mass is 9.98. The number of aliphatic hydroxyl groups excluding tert-OH is 1. The largest absolute Gasteiger partial charge is 0.479 e. The number of nitrogens with one attached hydrogen (secondary N) is 2. The minimum absolute atomic E-state index is 0.00555. The molecule has 0 radical (unpaired) electrons. The number of alkyl carbamates (subject to hydrolysis) is 1. The lowest BCUT2D eigenvalue weighted by Gasteiger charge is -2.24. The van der Waals surface area contributed by atoms with Crippen LogP contribution in [0.1, 0.15) is 50.2 Å². The van der Waals surface area contributed by atoms with E-state index >= 15 is 0 Å². The Hall–Kier alpha value is -3.39. The van der Waals surface area contributed by atoms with Crippen LogP contribution in [-0.4, -0.2) is 53.5 Å². The second-order valence-electron chi connectivity index (χ2n) is 9.03. The molecule has 0 fully saturated rings. The summed E-state index contributed by atoms with van der Waals surface area (Å²) in [5, 5.41) is 23.4. The number of hydrogen-bond acceptors (Lipinski definition) is 5. The van der Waals surface area contributed by atoms with Gasteiger partial charge >= 0.3 is 12.1 Å². The summed E-state index contributed by atoms with van der Waals surface area (Å²) in [6, 6.07) is 16.3. The van der Waals surface area contributed by atoms with Crippen LogP contribution in [0.5, 0.6) is 0 Å². The number of hydrogen-bond donors (Lipinski definition) is 4. The summed E-state index contributed by atoms with van der Waals surface area (Å²) in [7, 11) is 0. The number of ether oxygens (including phenoxy) is 1. The van der Waals surface area contributed by atoms with E-state index < -0.39 is 30.1 Å². The third-order valence-electron chi connectivity index (χ3n) is 6.32. The van der Waals surface area contributed by atoms with Crippen LogP contribution in [0.15, 0.2) is 48.5 Å². The van der Waals surface area contributed by atoms with Gasteiger partial charge in [-0.05, 0) is 47.9 Å². The number of aliphatic carboxylic acids is 1. The van der Waals surface area contributed by atoms with Crippen LogP contribution >= 0.6 is 0 Å². The minimum Gasteiger partial charge on any atom is -0.479 e. The molecule has 0 aromatic heterocycles. The van der Waals surface area contributed by atoms with Crippen molar-refractivity contribution in [3.05, 3.63) is 59.7 Å². The van der Waals surface area contributed by atoms with Crippen LogP contribution in [0.2, 0.25) is 0 Å². The zero-order valence-electron chi connectivity index (χ0n) is 19.5. The first-order valence-corrected chi connectivity index (χ1v) is 11.5. The van der Waals surface area contributed by atoms with Gasteiger partial charge in [0.2, 0.25) is 5.91 Å². The third kappa shape index (κ3) is 5.94. The third-order valence-corrected chi connectivity index (χ3v) is 6.32. The quantitative estimate of drug-likeness (QED) is 0.401. The van der Waals surface area contributed by atoms with Gasteiger partial charge in [0.25, 0.3) is 0 Å². The lowest BCUT2D eigenvalue weighted by molar-refractivity contribution is -0.148. The van der Waals surface area contributed by atoms with Crippen LogP contribution < -0.4 is 10.6 Å². The van der Waals surface area contributed by atoms with Gasteiger partial charge < -0.3 is 25.6 Å². The molecule has 8 nitrogen and oxygen atoms in total. The molecule has 2 aromatic carbocycles. The van der Waals surface area contributed by atoms with E-state index in [4.69, 9.17) is 9.84 Å². The molecule has 2 amide bonds. The molecule has 1 aliphatic rings. The Morgan fingerprint density at radius 3 is 2.18 bits per heavy atom. The summed E-state index contributed by atoms with van der Waals surface area (Å²) in [5.41, 5.74) is 2.97. The highest BCUT2D eigenvalue weighted by atomic mass is 16.5. The summed E-state index contributed by atoms with van der Waals surface area (Å²) in [6.45, 7) is 3.18. The van der Waals surface area contributed by atoms with E-state index in [-0.39, 0.29) is 24.9 Å². The van der Waals surface area contributed by atoms with Crippen LogP contribution in [-0.2, 0) is 14.3 Å². The highest BCUT2D eigenvalue weighted by molar-refractivity contribution is 5.86. The van der Waals surface area contributed by atoms with Crippen molar-refractivity contribution in [1.29, 1.82) is 0 Å². The molecule has 0 aliphatic heterocycles. The number of amides is 2. The van der Waals surface area contributed by atoms with Crippen molar-refractivity contribution in [1.82, 2.24) is 10.6 Å². The summed E-state index contributed by atoms with van der Waals surface area (Å²) in [4.78, 5) is 35.4. The summed E-state index contributed by atoms with van der Waals surface area (Å²) in [5.74, 6) is -1.59. The van der Waals surface area contributed by atoms with Crippen LogP contribution in [0, 0.1) is 5.92 Å². The average molecular weight is 469 g/mol. The number of benzene rings is 2. The Bertz CT molecular complexity index is 994. The number of carboxylic acid groups (broad SMARTS) is 1. The standard InChI is InChI=1S/C26H32N2O6/c1-17(11-12-23(30)28-26(2,16-29)24(31)32)13-14-27-25(33)34-15-22-20-9-5-3-7-18(20)19-8-4-6-10-21(19)22/h3-10,17,22,29H,11-16H2,1-2H3,(H,27,33)(H,28,30)(H,31,32). The normalized spacial score (nSPS) is 14.9. The molecule has 34 heavy (non-hydrogen) atoms. The fourth-order valence-corrected chi connectivity index (χ4v) is 4.12. The van der Waals surface area contributed by atoms with Crippen LogP contribution in [0.4, 0.5) is 4.79 Å². The van der Waals surface area contributed by atoms with Gasteiger partial charge in [-0.3, -0.25) is 4.79 Å². The molecule has 8 heteroatoms. The maximum absolute atomic E-state index is 12.2. The number of carboxylic acids is 1. The van der Waals surface area contributed by atoms with E-state index in [0.717, 1.165) is 11.1 Å². The second kappa shape index (κ2) is 11.2. The Balaban J connectivity index is 1.39. The highest BCUT2D eigenvalue weighted by Crippen LogP contribution is 2.44. The zero-order valence-corrected chi connectivity index (χ0v) is 19.5. The van der Waals surface area contributed by atoms with Gasteiger partial charge in [0.1, 0.15) is 6.61 Å². The Labute approximate surface area is 199 Å². The Kier molecular flexibility index (Phi) is 8.28. The minimum atomic E-state index is -1.69. The summed E-state index contributed by atoms with van der Waals surface area (Å²) in [6.07, 6.45) is 0.828. The monoisotopic (exact) mass is 468 g/mol. The maximum atomic E-state index is 12.2. The van der Waals surface area contributed by atoms with E-state index in [2.05, 4.69) is 34.9 Å². The highest BCUT2D eigenvalue weighted by Gasteiger charge is 2.34. The molecule has 0 saturated carbocycles. The average Bonchev–Trinajstić information content (AvgIpc) is 3.15. The van der Waals surface area contributed by atoms with Crippen molar-refractivity contribution in [2.75, 3.05) is 19.8 Å². The van der Waals surface area contributed by atoms with Crippen molar-refractivity contribution in [3.8, 4) is 11.1 Å². The first kappa shape index (κ1) is 25.2. The fraction of sp³-hybridized carbons (Fsp3) is 0.423. The molecule has 2 aromatic rings. The molecule has 0 heterocycles. The summed E-state index contributed by atoms with van der Waals surface area (Å²) < 4.78 is 5.52. The molecule has 3 rings (SSSR count). The zero-order chi connectivity index (χ0) is 24.7. The fourth-order valence-electron chi connectivity index (χ4n) is 4.12. The van der Waals surface area contributed by atoms with Crippen molar-refractivity contribution in [3.63, 3.8) is 0 Å². The van der Waals surface area contributed by atoms with Gasteiger partial charge in [0.15, 0.2) is 5.54 Å². The molecule has 0 spiro atoms. The molecule has 4 N–H and O–H groups in total. The van der Waals surface area contributed by atoms with E-state index in [1.54, 1.807) is 0 Å². The molecule has 0 bridgehead atoms. The van der Waals surface area contributed by atoms with Crippen LogP contribution in [0.3, 0.4) is 0 Å². The van der Waals surface area contributed by atoms with Crippen molar-refractivity contribution in [2.45, 2.75) is 44.6 Å². The van der Waals surface area contributed by atoms with Gasteiger partial charge in [-0.25, -0.2) is 9.59 Å². The smallest absolute Gasteiger partial charge is 0.407 e. The number of aliphatic hydroxyl groups is 1. The van der Waals surface area contributed by atoms with Crippen molar-refractivity contribution >= 4 is 18.0 Å². The number of rotatable bonds is 11. The van der Waals surface area contributed by atoms with Gasteiger partial charge in [-0.1, -0.05) is 55.5 Å². The summed E-state index contributed by atoms with van der Waals surface area (Å²) >= 11 is 0. The molecule has 182 valence electrons. The Morgan fingerprint density at radius 2 is 1.62 bits per heavy atom. The molecular formula is C26H32N2O6. The van der Waals surface area contributed by atoms with E-state index in [1.165, 1.54) is 18.1 Å². The van der Waals surface area contributed by atoms with Gasteiger partial charge in [-0.15, -0.1) is 0 Å². The van der Waals surface area contributed by atoms with Crippen molar-refractivity contribution in [2.24, 2.45) is 5.92 Å².